The maximum Gasteiger partial charge on any atom is 0.337 e. The lowest BCUT2D eigenvalue weighted by atomic mass is 10.0. The molecule has 0 aliphatic carbocycles. The van der Waals surface area contributed by atoms with Gasteiger partial charge in [0.2, 0.25) is 0 Å². The van der Waals surface area contributed by atoms with E-state index in [9.17, 15) is 9.59 Å². The van der Waals surface area contributed by atoms with Crippen molar-refractivity contribution in [3.63, 3.8) is 0 Å². The first-order valence-corrected chi connectivity index (χ1v) is 8.12. The maximum atomic E-state index is 12.2. The summed E-state index contributed by atoms with van der Waals surface area (Å²) in [5.74, 6) is 0.118. The summed E-state index contributed by atoms with van der Waals surface area (Å²) in [7, 11) is 1.33. The van der Waals surface area contributed by atoms with Crippen LogP contribution in [-0.4, -0.2) is 43.1 Å². The van der Waals surface area contributed by atoms with Gasteiger partial charge in [-0.1, -0.05) is 0 Å². The first-order chi connectivity index (χ1) is 10.5. The van der Waals surface area contributed by atoms with Gasteiger partial charge in [-0.2, -0.15) is 0 Å². The van der Waals surface area contributed by atoms with Gasteiger partial charge in [0, 0.05) is 12.6 Å². The summed E-state index contributed by atoms with van der Waals surface area (Å²) >= 11 is 3.34. The Bertz CT molecular complexity index is 561. The SMILES string of the molecule is COC(=O)c1ccc(OCC(=O)N2CCCCC2C)c(Br)c1. The molecule has 120 valence electrons. The van der Waals surface area contributed by atoms with E-state index in [0.717, 1.165) is 19.4 Å². The van der Waals surface area contributed by atoms with Crippen LogP contribution in [0.25, 0.3) is 0 Å². The van der Waals surface area contributed by atoms with Gasteiger partial charge in [-0.25, -0.2) is 4.79 Å². The summed E-state index contributed by atoms with van der Waals surface area (Å²) in [4.78, 5) is 25.5. The molecule has 1 aromatic carbocycles. The second-order valence-corrected chi connectivity index (χ2v) is 6.21. The van der Waals surface area contributed by atoms with Gasteiger partial charge in [0.25, 0.3) is 5.91 Å². The lowest BCUT2D eigenvalue weighted by Crippen LogP contribution is -2.44. The van der Waals surface area contributed by atoms with E-state index in [1.165, 1.54) is 13.5 Å². The summed E-state index contributed by atoms with van der Waals surface area (Å²) in [6.45, 7) is 2.87. The molecule has 1 heterocycles. The van der Waals surface area contributed by atoms with Crippen LogP contribution in [0.5, 0.6) is 5.75 Å². The van der Waals surface area contributed by atoms with Crippen LogP contribution in [0.3, 0.4) is 0 Å². The summed E-state index contributed by atoms with van der Waals surface area (Å²) in [5.41, 5.74) is 0.428. The number of piperidine rings is 1. The van der Waals surface area contributed by atoms with Gasteiger partial charge in [-0.3, -0.25) is 4.79 Å². The van der Waals surface area contributed by atoms with E-state index < -0.39 is 5.97 Å². The van der Waals surface area contributed by atoms with Crippen LogP contribution in [0.15, 0.2) is 22.7 Å². The van der Waals surface area contributed by atoms with Gasteiger partial charge in [0.1, 0.15) is 5.75 Å². The molecule has 5 nitrogen and oxygen atoms in total. The number of likely N-dealkylation sites (tertiary alicyclic amines) is 1. The van der Waals surface area contributed by atoms with Gasteiger partial charge < -0.3 is 14.4 Å². The number of halogens is 1. The Hall–Kier alpha value is -1.56. The molecule has 0 spiro atoms. The zero-order valence-corrected chi connectivity index (χ0v) is 14.4. The molecule has 0 N–H and O–H groups in total. The van der Waals surface area contributed by atoms with Gasteiger partial charge >= 0.3 is 5.97 Å². The van der Waals surface area contributed by atoms with Crippen LogP contribution in [0, 0.1) is 0 Å². The Labute approximate surface area is 138 Å². The monoisotopic (exact) mass is 369 g/mol. The van der Waals surface area contributed by atoms with Gasteiger partial charge in [-0.15, -0.1) is 0 Å². The van der Waals surface area contributed by atoms with Gasteiger partial charge in [0.05, 0.1) is 17.1 Å². The van der Waals surface area contributed by atoms with Crippen molar-refractivity contribution in [1.29, 1.82) is 0 Å². The van der Waals surface area contributed by atoms with Crippen LogP contribution in [0.2, 0.25) is 0 Å². The molecule has 1 aliphatic rings. The largest absolute Gasteiger partial charge is 0.483 e. The molecule has 1 aliphatic heterocycles. The first-order valence-electron chi connectivity index (χ1n) is 7.33. The zero-order valence-electron chi connectivity index (χ0n) is 12.8. The van der Waals surface area contributed by atoms with Crippen molar-refractivity contribution in [2.45, 2.75) is 32.2 Å². The lowest BCUT2D eigenvalue weighted by molar-refractivity contribution is -0.136. The normalized spacial score (nSPS) is 18.0. The fourth-order valence-corrected chi connectivity index (χ4v) is 3.05. The van der Waals surface area contributed by atoms with Crippen LogP contribution < -0.4 is 4.74 Å². The van der Waals surface area contributed by atoms with Crippen molar-refractivity contribution in [2.24, 2.45) is 0 Å². The smallest absolute Gasteiger partial charge is 0.337 e. The van der Waals surface area contributed by atoms with Crippen LogP contribution in [0.4, 0.5) is 0 Å². The fraction of sp³-hybridized carbons (Fsp3) is 0.500. The van der Waals surface area contributed by atoms with Crippen molar-refractivity contribution < 1.29 is 19.1 Å². The lowest BCUT2D eigenvalue weighted by Gasteiger charge is -2.33. The summed E-state index contributed by atoms with van der Waals surface area (Å²) in [5, 5.41) is 0. The zero-order chi connectivity index (χ0) is 16.1. The Morgan fingerprint density at radius 2 is 2.14 bits per heavy atom. The van der Waals surface area contributed by atoms with E-state index in [2.05, 4.69) is 27.6 Å². The topological polar surface area (TPSA) is 55.8 Å². The number of ether oxygens (including phenoxy) is 2. The average molecular weight is 370 g/mol. The quantitative estimate of drug-likeness (QED) is 0.765. The molecule has 0 bridgehead atoms. The number of rotatable bonds is 4. The van der Waals surface area contributed by atoms with Crippen molar-refractivity contribution in [2.75, 3.05) is 20.3 Å². The standard InChI is InChI=1S/C16H20BrNO4/c1-11-5-3-4-8-18(11)15(19)10-22-14-7-6-12(9-13(14)17)16(20)21-2/h6-7,9,11H,3-5,8,10H2,1-2H3. The Morgan fingerprint density at radius 1 is 1.36 bits per heavy atom. The van der Waals surface area contributed by atoms with E-state index in [1.807, 2.05) is 4.90 Å². The molecule has 1 fully saturated rings. The highest BCUT2D eigenvalue weighted by atomic mass is 79.9. The molecular formula is C16H20BrNO4. The van der Waals surface area contributed by atoms with Crippen LogP contribution in [0.1, 0.15) is 36.5 Å². The first kappa shape index (κ1) is 16.8. The van der Waals surface area contributed by atoms with E-state index in [1.54, 1.807) is 18.2 Å². The number of hydrogen-bond acceptors (Lipinski definition) is 4. The second-order valence-electron chi connectivity index (χ2n) is 5.36. The number of carbonyl (C=O) groups is 2. The van der Waals surface area contributed by atoms with E-state index in [0.29, 0.717) is 15.8 Å². The molecule has 1 aromatic rings. The summed E-state index contributed by atoms with van der Waals surface area (Å²) < 4.78 is 10.9. The molecule has 0 aromatic heterocycles. The Morgan fingerprint density at radius 3 is 2.77 bits per heavy atom. The van der Waals surface area contributed by atoms with Crippen LogP contribution >= 0.6 is 15.9 Å². The third-order valence-electron chi connectivity index (χ3n) is 3.83. The number of hydrogen-bond donors (Lipinski definition) is 0. The predicted octanol–water partition coefficient (Wildman–Crippen LogP) is 3.02. The van der Waals surface area contributed by atoms with E-state index >= 15 is 0 Å². The van der Waals surface area contributed by atoms with E-state index in [4.69, 9.17) is 4.74 Å². The minimum absolute atomic E-state index is 0.000507. The number of esters is 1. The third-order valence-corrected chi connectivity index (χ3v) is 4.45. The highest BCUT2D eigenvalue weighted by molar-refractivity contribution is 9.10. The molecule has 22 heavy (non-hydrogen) atoms. The molecule has 1 atom stereocenters. The molecular weight excluding hydrogens is 350 g/mol. The minimum atomic E-state index is -0.412. The minimum Gasteiger partial charge on any atom is -0.483 e. The van der Waals surface area contributed by atoms with Crippen LogP contribution in [-0.2, 0) is 9.53 Å². The van der Waals surface area contributed by atoms with Crippen molar-refractivity contribution in [1.82, 2.24) is 4.90 Å². The Balaban J connectivity index is 1.96. The predicted molar refractivity (Wildman–Crippen MR) is 86.0 cm³/mol. The average Bonchev–Trinajstić information content (AvgIpc) is 2.53. The molecule has 1 unspecified atom stereocenters. The molecule has 1 amide bonds. The molecule has 0 saturated carbocycles. The van der Waals surface area contributed by atoms with Gasteiger partial charge in [0.15, 0.2) is 6.61 Å². The highest BCUT2D eigenvalue weighted by Gasteiger charge is 2.23. The van der Waals surface area contributed by atoms with Crippen molar-refractivity contribution in [3.05, 3.63) is 28.2 Å². The van der Waals surface area contributed by atoms with Crippen molar-refractivity contribution >= 4 is 27.8 Å². The third kappa shape index (κ3) is 4.00. The fourth-order valence-electron chi connectivity index (χ4n) is 2.55. The number of nitrogens with zero attached hydrogens (tertiary/aromatic N) is 1. The molecule has 2 rings (SSSR count). The number of benzene rings is 1. The molecule has 1 saturated heterocycles. The number of carbonyl (C=O) groups excluding carboxylic acids is 2. The molecule has 0 radical (unpaired) electrons. The molecule has 6 heteroatoms. The summed E-state index contributed by atoms with van der Waals surface area (Å²) in [6.07, 6.45) is 3.27. The second kappa shape index (κ2) is 7.63. The maximum absolute atomic E-state index is 12.2. The Kier molecular flexibility index (Phi) is 5.83. The summed E-state index contributed by atoms with van der Waals surface area (Å²) in [6, 6.07) is 5.16. The number of amides is 1. The van der Waals surface area contributed by atoms with Crippen molar-refractivity contribution in [3.8, 4) is 5.75 Å². The highest BCUT2D eigenvalue weighted by Crippen LogP contribution is 2.26. The number of methoxy groups -OCH3 is 1. The van der Waals surface area contributed by atoms with Gasteiger partial charge in [-0.05, 0) is 60.3 Å². The van der Waals surface area contributed by atoms with E-state index in [-0.39, 0.29) is 18.6 Å².